The van der Waals surface area contributed by atoms with Gasteiger partial charge in [0.15, 0.2) is 11.6 Å². The first kappa shape index (κ1) is 14.0. The lowest BCUT2D eigenvalue weighted by Gasteiger charge is -2.08. The second kappa shape index (κ2) is 5.27. The Hall–Kier alpha value is -1.45. The number of hydrogen-bond donors (Lipinski definition) is 2. The van der Waals surface area contributed by atoms with E-state index in [2.05, 4.69) is 25.8 Å². The van der Waals surface area contributed by atoms with Gasteiger partial charge in [-0.1, -0.05) is 5.16 Å². The third kappa shape index (κ3) is 3.11. The van der Waals surface area contributed by atoms with Crippen LogP contribution >= 0.6 is 15.9 Å². The maximum atomic E-state index is 13.8. The summed E-state index contributed by atoms with van der Waals surface area (Å²) in [4.78, 5) is -0.529. The number of aromatic nitrogens is 1. The number of hydrogen-bond acceptors (Lipinski definition) is 5. The predicted molar refractivity (Wildman–Crippen MR) is 69.0 cm³/mol. The van der Waals surface area contributed by atoms with E-state index in [9.17, 15) is 12.8 Å². The molecule has 2 aromatic rings. The van der Waals surface area contributed by atoms with Crippen molar-refractivity contribution in [2.24, 2.45) is 0 Å². The first-order chi connectivity index (χ1) is 8.90. The fourth-order valence-corrected chi connectivity index (χ4v) is 3.09. The van der Waals surface area contributed by atoms with Crippen LogP contribution in [0.3, 0.4) is 0 Å². The van der Waals surface area contributed by atoms with Crippen LogP contribution in [0.4, 0.5) is 10.1 Å². The Morgan fingerprint density at radius 3 is 2.84 bits per heavy atom. The lowest BCUT2D eigenvalue weighted by molar-refractivity contribution is 0.380. The molecule has 0 radical (unpaired) electrons. The van der Waals surface area contributed by atoms with Crippen LogP contribution in [0.15, 0.2) is 38.3 Å². The van der Waals surface area contributed by atoms with Gasteiger partial charge in [-0.3, -0.25) is 0 Å². The highest BCUT2D eigenvalue weighted by atomic mass is 79.9. The number of nitrogens with one attached hydrogen (secondary N) is 1. The van der Waals surface area contributed by atoms with Crippen LogP contribution in [0.1, 0.15) is 5.76 Å². The highest BCUT2D eigenvalue weighted by molar-refractivity contribution is 9.10. The van der Waals surface area contributed by atoms with Gasteiger partial charge < -0.3 is 10.3 Å². The number of nitrogens with two attached hydrogens (primary N) is 1. The van der Waals surface area contributed by atoms with Gasteiger partial charge in [0, 0.05) is 11.8 Å². The Morgan fingerprint density at radius 1 is 1.47 bits per heavy atom. The van der Waals surface area contributed by atoms with Crippen LogP contribution in [0.5, 0.6) is 0 Å². The summed E-state index contributed by atoms with van der Waals surface area (Å²) >= 11 is 2.90. The number of nitrogens with zero attached hydrogens (tertiary/aromatic N) is 1. The molecule has 3 N–H and O–H groups in total. The number of rotatable bonds is 4. The summed E-state index contributed by atoms with van der Waals surface area (Å²) in [5, 5.41) is 3.43. The average molecular weight is 350 g/mol. The smallest absolute Gasteiger partial charge is 0.244 e. The molecular weight excluding hydrogens is 341 g/mol. The molecule has 0 saturated carbocycles. The summed E-state index contributed by atoms with van der Waals surface area (Å²) in [5.41, 5.74) is 5.63. The molecule has 19 heavy (non-hydrogen) atoms. The van der Waals surface area contributed by atoms with Crippen molar-refractivity contribution in [1.29, 1.82) is 0 Å². The predicted octanol–water partition coefficient (Wildman–Crippen LogP) is 1.64. The van der Waals surface area contributed by atoms with Crippen molar-refractivity contribution in [3.63, 3.8) is 0 Å². The van der Waals surface area contributed by atoms with Crippen molar-refractivity contribution >= 4 is 31.6 Å². The molecule has 6 nitrogen and oxygen atoms in total. The minimum atomic E-state index is -4.03. The zero-order chi connectivity index (χ0) is 14.0. The fraction of sp³-hybridized carbons (Fsp3) is 0.100. The van der Waals surface area contributed by atoms with E-state index in [0.29, 0.717) is 5.76 Å². The molecule has 0 aliphatic carbocycles. The highest BCUT2D eigenvalue weighted by Crippen LogP contribution is 2.26. The van der Waals surface area contributed by atoms with Crippen LogP contribution in [0, 0.1) is 5.82 Å². The van der Waals surface area contributed by atoms with Crippen LogP contribution in [-0.2, 0) is 16.6 Å². The summed E-state index contributed by atoms with van der Waals surface area (Å²) in [6.45, 7) is -0.131. The second-order valence-electron chi connectivity index (χ2n) is 3.62. The van der Waals surface area contributed by atoms with Crippen molar-refractivity contribution in [1.82, 2.24) is 9.88 Å². The molecule has 1 heterocycles. The van der Waals surface area contributed by atoms with Gasteiger partial charge in [-0.25, -0.2) is 17.5 Å². The lowest BCUT2D eigenvalue weighted by Crippen LogP contribution is -2.24. The van der Waals surface area contributed by atoms with E-state index in [1.54, 1.807) is 0 Å². The lowest BCUT2D eigenvalue weighted by atomic mass is 10.3. The molecule has 2 rings (SSSR count). The van der Waals surface area contributed by atoms with Crippen molar-refractivity contribution in [3.8, 4) is 0 Å². The summed E-state index contributed by atoms with van der Waals surface area (Å²) < 4.78 is 44.6. The Balaban J connectivity index is 2.29. The first-order valence-electron chi connectivity index (χ1n) is 5.04. The summed E-state index contributed by atoms with van der Waals surface area (Å²) in [6, 6.07) is 3.82. The van der Waals surface area contributed by atoms with Crippen molar-refractivity contribution in [3.05, 3.63) is 40.4 Å². The van der Waals surface area contributed by atoms with E-state index in [1.807, 2.05) is 0 Å². The molecule has 0 saturated heterocycles. The third-order valence-corrected chi connectivity index (χ3v) is 4.21. The second-order valence-corrected chi connectivity index (χ2v) is 6.21. The molecule has 0 unspecified atom stereocenters. The van der Waals surface area contributed by atoms with Crippen molar-refractivity contribution in [2.45, 2.75) is 11.4 Å². The Labute approximate surface area is 117 Å². The summed E-state index contributed by atoms with van der Waals surface area (Å²) in [5.74, 6) is -0.591. The van der Waals surface area contributed by atoms with Gasteiger partial charge in [-0.05, 0) is 28.1 Å². The SMILES string of the molecule is Nc1cc(Br)c(F)c(S(=O)(=O)NCc2ccno2)c1. The number of anilines is 1. The van der Waals surface area contributed by atoms with E-state index >= 15 is 0 Å². The number of halogens is 2. The van der Waals surface area contributed by atoms with Crippen LogP contribution < -0.4 is 10.5 Å². The zero-order valence-corrected chi connectivity index (χ0v) is 11.8. The molecule has 0 atom stereocenters. The number of benzene rings is 1. The minimum Gasteiger partial charge on any atom is -0.399 e. The zero-order valence-electron chi connectivity index (χ0n) is 9.43. The quantitative estimate of drug-likeness (QED) is 0.817. The normalized spacial score (nSPS) is 11.7. The van der Waals surface area contributed by atoms with E-state index in [4.69, 9.17) is 10.3 Å². The van der Waals surface area contributed by atoms with Crippen molar-refractivity contribution < 1.29 is 17.3 Å². The fourth-order valence-electron chi connectivity index (χ4n) is 1.36. The van der Waals surface area contributed by atoms with E-state index in [0.717, 1.165) is 6.07 Å². The summed E-state index contributed by atoms with van der Waals surface area (Å²) in [6.07, 6.45) is 1.38. The molecule has 0 fully saturated rings. The standard InChI is InChI=1S/C10H9BrFN3O3S/c11-8-3-6(13)4-9(10(8)12)19(16,17)15-5-7-1-2-14-18-7/h1-4,15H,5,13H2. The van der Waals surface area contributed by atoms with E-state index in [-0.39, 0.29) is 16.7 Å². The Bertz CT molecular complexity index is 688. The Morgan fingerprint density at radius 2 is 2.21 bits per heavy atom. The maximum Gasteiger partial charge on any atom is 0.244 e. The topological polar surface area (TPSA) is 98.2 Å². The molecular formula is C10H9BrFN3O3S. The van der Waals surface area contributed by atoms with Gasteiger partial charge in [0.1, 0.15) is 4.90 Å². The molecule has 0 spiro atoms. The van der Waals surface area contributed by atoms with Gasteiger partial charge in [0.05, 0.1) is 17.2 Å². The molecule has 0 amide bonds. The van der Waals surface area contributed by atoms with Gasteiger partial charge in [-0.15, -0.1) is 0 Å². The van der Waals surface area contributed by atoms with Gasteiger partial charge in [0.2, 0.25) is 10.0 Å². The van der Waals surface area contributed by atoms with E-state index in [1.165, 1.54) is 18.3 Å². The average Bonchev–Trinajstić information content (AvgIpc) is 2.84. The third-order valence-electron chi connectivity index (χ3n) is 2.23. The van der Waals surface area contributed by atoms with Gasteiger partial charge in [-0.2, -0.15) is 0 Å². The molecule has 9 heteroatoms. The van der Waals surface area contributed by atoms with E-state index < -0.39 is 20.7 Å². The first-order valence-corrected chi connectivity index (χ1v) is 7.31. The van der Waals surface area contributed by atoms with Gasteiger partial charge in [0.25, 0.3) is 0 Å². The maximum absolute atomic E-state index is 13.8. The minimum absolute atomic E-state index is 0.0208. The van der Waals surface area contributed by atoms with Crippen molar-refractivity contribution in [2.75, 3.05) is 5.73 Å². The molecule has 0 aliphatic rings. The largest absolute Gasteiger partial charge is 0.399 e. The van der Waals surface area contributed by atoms with Crippen LogP contribution in [0.25, 0.3) is 0 Å². The molecule has 1 aromatic heterocycles. The number of nitrogen functional groups attached to an aromatic ring is 1. The highest BCUT2D eigenvalue weighted by Gasteiger charge is 2.22. The number of sulfonamides is 1. The monoisotopic (exact) mass is 349 g/mol. The molecule has 0 bridgehead atoms. The molecule has 0 aliphatic heterocycles. The van der Waals surface area contributed by atoms with Gasteiger partial charge >= 0.3 is 0 Å². The molecule has 102 valence electrons. The van der Waals surface area contributed by atoms with Crippen LogP contribution in [0.2, 0.25) is 0 Å². The Kier molecular flexibility index (Phi) is 3.88. The summed E-state index contributed by atoms with van der Waals surface area (Å²) in [7, 11) is -4.03. The van der Waals surface area contributed by atoms with Crippen LogP contribution in [-0.4, -0.2) is 13.6 Å². The molecule has 1 aromatic carbocycles.